The Morgan fingerprint density at radius 1 is 0.714 bits per heavy atom. The van der Waals surface area contributed by atoms with E-state index in [1.165, 1.54) is 0 Å². The van der Waals surface area contributed by atoms with Gasteiger partial charge in [0.2, 0.25) is 0 Å². The molecule has 7 heteroatoms. The molecule has 4 nitrogen and oxygen atoms in total. The van der Waals surface area contributed by atoms with Crippen molar-refractivity contribution in [2.24, 2.45) is 14.1 Å². The van der Waals surface area contributed by atoms with Gasteiger partial charge in [-0.2, -0.15) is 0 Å². The van der Waals surface area contributed by atoms with Crippen molar-refractivity contribution in [3.8, 4) is 21.1 Å². The Kier molecular flexibility index (Phi) is 7.07. The van der Waals surface area contributed by atoms with Crippen LogP contribution in [0.5, 0.6) is 0 Å². The number of halogens is 2. The van der Waals surface area contributed by atoms with E-state index < -0.39 is 0 Å². The fourth-order valence-electron chi connectivity index (χ4n) is 1.74. The second-order valence-corrected chi connectivity index (χ2v) is 5.39. The number of nitrogens with zero attached hydrogens (tertiary/aromatic N) is 4. The van der Waals surface area contributed by atoms with Crippen molar-refractivity contribution >= 4 is 11.3 Å². The minimum absolute atomic E-state index is 0. The van der Waals surface area contributed by atoms with Crippen LogP contribution in [0.3, 0.4) is 0 Å². The summed E-state index contributed by atoms with van der Waals surface area (Å²) in [6.07, 6.45) is 8.05. The van der Waals surface area contributed by atoms with E-state index in [0.29, 0.717) is 0 Å². The molecule has 0 saturated carbocycles. The maximum Gasteiger partial charge on any atom is 0.169 e. The van der Waals surface area contributed by atoms with Crippen LogP contribution in [0.1, 0.15) is 0 Å². The zero-order valence-corrected chi connectivity index (χ0v) is 16.7. The van der Waals surface area contributed by atoms with E-state index in [9.17, 15) is 0 Å². The Morgan fingerprint density at radius 2 is 1.05 bits per heavy atom. The van der Waals surface area contributed by atoms with Gasteiger partial charge in [-0.05, 0) is 0 Å². The lowest BCUT2D eigenvalue weighted by Crippen LogP contribution is -3.00. The van der Waals surface area contributed by atoms with Gasteiger partial charge in [0.25, 0.3) is 0 Å². The van der Waals surface area contributed by atoms with E-state index in [0.717, 1.165) is 21.1 Å². The fourth-order valence-corrected chi connectivity index (χ4v) is 2.60. The highest BCUT2D eigenvalue weighted by Crippen LogP contribution is 2.28. The summed E-state index contributed by atoms with van der Waals surface area (Å²) in [5.74, 6) is 0. The van der Waals surface area contributed by atoms with Crippen LogP contribution >= 0.6 is 11.3 Å². The van der Waals surface area contributed by atoms with Gasteiger partial charge in [0.15, 0.2) is 24.8 Å². The molecule has 0 radical (unpaired) electrons. The van der Waals surface area contributed by atoms with Crippen molar-refractivity contribution in [1.29, 1.82) is 0 Å². The first-order chi connectivity index (χ1) is 9.22. The Bertz CT molecular complexity index is 636. The Labute approximate surface area is 161 Å². The molecule has 0 fully saturated rings. The van der Waals surface area contributed by atoms with E-state index in [1.807, 2.05) is 48.0 Å². The normalized spacial score (nSPS) is 9.62. The Hall–Kier alpha value is -0.680. The number of hydrogen-bond donors (Lipinski definition) is 0. The van der Waals surface area contributed by atoms with E-state index in [1.54, 1.807) is 11.3 Å². The Balaban J connectivity index is 0.00000110. The van der Waals surface area contributed by atoms with E-state index in [-0.39, 0.29) is 48.0 Å². The van der Waals surface area contributed by atoms with Crippen molar-refractivity contribution in [1.82, 2.24) is 10.2 Å². The summed E-state index contributed by atoms with van der Waals surface area (Å²) in [5.41, 5.74) is 2.20. The van der Waals surface area contributed by atoms with Crippen molar-refractivity contribution in [2.45, 2.75) is 0 Å². The van der Waals surface area contributed by atoms with Crippen LogP contribution in [0, 0.1) is 0 Å². The van der Waals surface area contributed by atoms with Gasteiger partial charge >= 0.3 is 0 Å². The fraction of sp³-hybridized carbons (Fsp3) is 0.143. The van der Waals surface area contributed by atoms with Crippen LogP contribution in [0.2, 0.25) is 0 Å². The average molecular weight is 524 g/mol. The highest BCUT2D eigenvalue weighted by atomic mass is 127. The van der Waals surface area contributed by atoms with E-state index in [2.05, 4.69) is 34.5 Å². The standard InChI is InChI=1S/C14H14N4S.2HI/c1-17-7-3-11(4-8-17)13-15-16-14(19-13)12-5-9-18(2)10-6-12;;/h3-10H,1-2H3;2*1H/q+2;;/p-2. The summed E-state index contributed by atoms with van der Waals surface area (Å²) in [6, 6.07) is 8.20. The smallest absolute Gasteiger partial charge is 0.169 e. The first-order valence-corrected chi connectivity index (χ1v) is 6.79. The molecular weight excluding hydrogens is 510 g/mol. The zero-order chi connectivity index (χ0) is 13.2. The summed E-state index contributed by atoms with van der Waals surface area (Å²) >= 11 is 1.61. The summed E-state index contributed by atoms with van der Waals surface area (Å²) in [5, 5.41) is 10.4. The zero-order valence-electron chi connectivity index (χ0n) is 11.6. The van der Waals surface area contributed by atoms with Gasteiger partial charge in [0.05, 0.1) is 0 Å². The lowest BCUT2D eigenvalue weighted by atomic mass is 10.3. The quantitative estimate of drug-likeness (QED) is 0.251. The molecule has 3 aromatic rings. The molecule has 0 aliphatic rings. The minimum atomic E-state index is 0. The SMILES string of the molecule is C[n+]1ccc(-c2nnc(-c3cc[n+](C)cc3)s2)cc1.[I-].[I-]. The topological polar surface area (TPSA) is 33.5 Å². The molecule has 3 aromatic heterocycles. The average Bonchev–Trinajstić information content (AvgIpc) is 2.90. The van der Waals surface area contributed by atoms with Gasteiger partial charge in [0.1, 0.15) is 24.1 Å². The third-order valence-electron chi connectivity index (χ3n) is 2.88. The highest BCUT2D eigenvalue weighted by Gasteiger charge is 2.10. The predicted octanol–water partition coefficient (Wildman–Crippen LogP) is -4.47. The number of aryl methyl sites for hydroxylation is 2. The maximum absolute atomic E-state index is 4.27. The van der Waals surface area contributed by atoms with Crippen molar-refractivity contribution in [3.05, 3.63) is 49.1 Å². The van der Waals surface area contributed by atoms with Gasteiger partial charge in [-0.3, -0.25) is 0 Å². The van der Waals surface area contributed by atoms with Crippen LogP contribution in [-0.4, -0.2) is 10.2 Å². The molecule has 0 aliphatic carbocycles. The van der Waals surface area contributed by atoms with Gasteiger partial charge in [0, 0.05) is 35.4 Å². The molecule has 110 valence electrons. The monoisotopic (exact) mass is 524 g/mol. The van der Waals surface area contributed by atoms with Crippen molar-refractivity contribution in [3.63, 3.8) is 0 Å². The third kappa shape index (κ3) is 4.39. The summed E-state index contributed by atoms with van der Waals surface area (Å²) in [7, 11) is 4.00. The molecular formula is C14H14I2N4S. The lowest BCUT2D eigenvalue weighted by molar-refractivity contribution is -0.671. The second kappa shape index (κ2) is 8.08. The number of rotatable bonds is 2. The lowest BCUT2D eigenvalue weighted by Gasteiger charge is -1.93. The number of hydrogen-bond acceptors (Lipinski definition) is 3. The largest absolute Gasteiger partial charge is 1.00 e. The molecule has 0 spiro atoms. The summed E-state index contributed by atoms with van der Waals surface area (Å²) in [6.45, 7) is 0. The molecule has 21 heavy (non-hydrogen) atoms. The van der Waals surface area contributed by atoms with Gasteiger partial charge < -0.3 is 48.0 Å². The highest BCUT2D eigenvalue weighted by molar-refractivity contribution is 7.17. The Morgan fingerprint density at radius 3 is 1.38 bits per heavy atom. The van der Waals surface area contributed by atoms with Crippen molar-refractivity contribution in [2.75, 3.05) is 0 Å². The van der Waals surface area contributed by atoms with E-state index in [4.69, 9.17) is 0 Å². The molecule has 0 atom stereocenters. The molecule has 0 unspecified atom stereocenters. The predicted molar refractivity (Wildman–Crippen MR) is 73.1 cm³/mol. The first-order valence-electron chi connectivity index (χ1n) is 5.97. The van der Waals surface area contributed by atoms with Crippen molar-refractivity contribution < 1.29 is 57.1 Å². The van der Waals surface area contributed by atoms with Gasteiger partial charge in [-0.25, -0.2) is 9.13 Å². The van der Waals surface area contributed by atoms with Crippen LogP contribution in [0.25, 0.3) is 21.1 Å². The second-order valence-electron chi connectivity index (χ2n) is 4.42. The first kappa shape index (κ1) is 18.4. The van der Waals surface area contributed by atoms with Crippen LogP contribution < -0.4 is 57.1 Å². The minimum Gasteiger partial charge on any atom is -1.00 e. The molecule has 0 N–H and O–H groups in total. The molecule has 3 heterocycles. The molecule has 3 rings (SSSR count). The molecule has 0 aliphatic heterocycles. The summed E-state index contributed by atoms with van der Waals surface area (Å²) in [4.78, 5) is 0. The molecule has 0 amide bonds. The number of aromatic nitrogens is 4. The summed E-state index contributed by atoms with van der Waals surface area (Å²) < 4.78 is 4.01. The van der Waals surface area contributed by atoms with Crippen LogP contribution in [0.15, 0.2) is 49.1 Å². The van der Waals surface area contributed by atoms with Crippen LogP contribution in [0.4, 0.5) is 0 Å². The van der Waals surface area contributed by atoms with Crippen LogP contribution in [-0.2, 0) is 14.1 Å². The van der Waals surface area contributed by atoms with Gasteiger partial charge in [-0.1, -0.05) is 11.3 Å². The number of pyridine rings is 2. The molecule has 0 aromatic carbocycles. The third-order valence-corrected chi connectivity index (χ3v) is 3.90. The van der Waals surface area contributed by atoms with Gasteiger partial charge in [-0.15, -0.1) is 10.2 Å². The molecule has 0 saturated heterocycles. The van der Waals surface area contributed by atoms with E-state index >= 15 is 0 Å². The maximum atomic E-state index is 4.27. The molecule has 0 bridgehead atoms.